The lowest BCUT2D eigenvalue weighted by Gasteiger charge is -2.12. The molecule has 0 fully saturated rings. The number of ketones is 2. The predicted molar refractivity (Wildman–Crippen MR) is 62.2 cm³/mol. The maximum Gasteiger partial charge on any atom is 0.412 e. The van der Waals surface area contributed by atoms with Crippen molar-refractivity contribution in [3.63, 3.8) is 0 Å². The molecule has 0 saturated carbocycles. The Labute approximate surface area is 102 Å². The minimum Gasteiger partial charge on any atom is -0.445 e. The molecule has 1 aliphatic rings. The van der Waals surface area contributed by atoms with Gasteiger partial charge in [0.2, 0.25) is 5.78 Å². The number of ether oxygens (including phenoxy) is 1. The van der Waals surface area contributed by atoms with Crippen LogP contribution >= 0.6 is 0 Å². The van der Waals surface area contributed by atoms with Gasteiger partial charge in [-0.3, -0.25) is 14.9 Å². The van der Waals surface area contributed by atoms with Crippen LogP contribution in [-0.2, 0) is 4.74 Å². The summed E-state index contributed by atoms with van der Waals surface area (Å²) in [7, 11) is 0. The topological polar surface area (TPSA) is 88.3 Å². The van der Waals surface area contributed by atoms with Crippen LogP contribution in [0.25, 0.3) is 0 Å². The van der Waals surface area contributed by atoms with Gasteiger partial charge >= 0.3 is 6.09 Å². The van der Waals surface area contributed by atoms with Gasteiger partial charge in [0.1, 0.15) is 6.61 Å². The van der Waals surface area contributed by atoms with E-state index in [1.165, 1.54) is 18.5 Å². The van der Waals surface area contributed by atoms with Crippen LogP contribution in [-0.4, -0.2) is 29.3 Å². The Morgan fingerprint density at radius 3 is 2.83 bits per heavy atom. The number of allylic oxidation sites excluding steroid dienone is 2. The van der Waals surface area contributed by atoms with E-state index < -0.39 is 11.9 Å². The normalized spacial score (nSPS) is 13.7. The van der Waals surface area contributed by atoms with Crippen molar-refractivity contribution in [3.05, 3.63) is 47.9 Å². The summed E-state index contributed by atoms with van der Waals surface area (Å²) >= 11 is 0. The number of rotatable bonds is 3. The molecule has 18 heavy (non-hydrogen) atoms. The molecule has 0 saturated heterocycles. The van der Waals surface area contributed by atoms with Crippen LogP contribution in [0, 0.1) is 0 Å². The molecular formula is C12H10N2O4. The van der Waals surface area contributed by atoms with Gasteiger partial charge in [-0.05, 0) is 0 Å². The van der Waals surface area contributed by atoms with E-state index in [2.05, 4.69) is 21.6 Å². The first-order valence-corrected chi connectivity index (χ1v) is 5.15. The van der Waals surface area contributed by atoms with Crippen LogP contribution in [0.1, 0.15) is 20.7 Å². The van der Waals surface area contributed by atoms with Crippen molar-refractivity contribution in [1.29, 1.82) is 0 Å². The third kappa shape index (κ3) is 2.08. The van der Waals surface area contributed by atoms with E-state index in [1.54, 1.807) is 0 Å². The number of aromatic amines is 1. The Morgan fingerprint density at radius 1 is 1.39 bits per heavy atom. The number of amides is 1. The molecule has 0 radical (unpaired) electrons. The van der Waals surface area contributed by atoms with Crippen molar-refractivity contribution >= 4 is 17.7 Å². The van der Waals surface area contributed by atoms with Gasteiger partial charge in [0, 0.05) is 18.5 Å². The zero-order chi connectivity index (χ0) is 13.1. The van der Waals surface area contributed by atoms with E-state index >= 15 is 0 Å². The SMILES string of the molecule is C=CCOC(=O)NC1=CC(=O)c2c[nH]cc2C1=O. The number of aromatic nitrogens is 1. The first kappa shape index (κ1) is 11.8. The van der Waals surface area contributed by atoms with Crippen molar-refractivity contribution in [2.75, 3.05) is 6.61 Å². The molecule has 1 aromatic rings. The molecule has 1 heterocycles. The quantitative estimate of drug-likeness (QED) is 0.784. The monoisotopic (exact) mass is 246 g/mol. The second kappa shape index (κ2) is 4.70. The van der Waals surface area contributed by atoms with Crippen molar-refractivity contribution in [2.24, 2.45) is 0 Å². The molecule has 1 amide bonds. The Hall–Kier alpha value is -2.63. The van der Waals surface area contributed by atoms with Gasteiger partial charge in [0.05, 0.1) is 16.8 Å². The van der Waals surface area contributed by atoms with Crippen LogP contribution in [0.2, 0.25) is 0 Å². The zero-order valence-corrected chi connectivity index (χ0v) is 9.36. The molecule has 0 aromatic carbocycles. The highest BCUT2D eigenvalue weighted by atomic mass is 16.5. The van der Waals surface area contributed by atoms with Crippen LogP contribution < -0.4 is 5.32 Å². The number of Topliss-reactive ketones (excluding diaryl/α,β-unsaturated/α-hetero) is 1. The molecule has 6 nitrogen and oxygen atoms in total. The van der Waals surface area contributed by atoms with E-state index in [-0.39, 0.29) is 23.7 Å². The fourth-order valence-electron chi connectivity index (χ4n) is 1.55. The van der Waals surface area contributed by atoms with E-state index in [9.17, 15) is 14.4 Å². The average molecular weight is 246 g/mol. The van der Waals surface area contributed by atoms with Gasteiger partial charge in [0.25, 0.3) is 0 Å². The summed E-state index contributed by atoms with van der Waals surface area (Å²) in [4.78, 5) is 37.5. The molecular weight excluding hydrogens is 236 g/mol. The number of carbonyl (C=O) groups is 3. The van der Waals surface area contributed by atoms with E-state index in [4.69, 9.17) is 0 Å². The van der Waals surface area contributed by atoms with Crippen molar-refractivity contribution in [1.82, 2.24) is 10.3 Å². The number of carbonyl (C=O) groups excluding carboxylic acids is 3. The summed E-state index contributed by atoms with van der Waals surface area (Å²) in [6.07, 6.45) is 4.53. The standard InChI is InChI=1S/C12H10N2O4/c1-2-3-18-12(17)14-9-4-10(15)7-5-13-6-8(7)11(9)16/h2,4-6,13H,1,3H2,(H,14,17). The Balaban J connectivity index is 2.15. The third-order valence-corrected chi connectivity index (χ3v) is 2.34. The molecule has 0 unspecified atom stereocenters. The molecule has 2 N–H and O–H groups in total. The maximum atomic E-state index is 11.9. The van der Waals surface area contributed by atoms with Gasteiger partial charge in [-0.2, -0.15) is 0 Å². The van der Waals surface area contributed by atoms with Gasteiger partial charge in [0.15, 0.2) is 5.78 Å². The lowest BCUT2D eigenvalue weighted by Crippen LogP contribution is -2.31. The molecule has 92 valence electrons. The maximum absolute atomic E-state index is 11.9. The summed E-state index contributed by atoms with van der Waals surface area (Å²) in [5, 5.41) is 2.23. The van der Waals surface area contributed by atoms with E-state index in [1.807, 2.05) is 0 Å². The minimum absolute atomic E-state index is 0.0245. The van der Waals surface area contributed by atoms with Crippen molar-refractivity contribution in [2.45, 2.75) is 0 Å². The van der Waals surface area contributed by atoms with Gasteiger partial charge < -0.3 is 9.72 Å². The number of H-pyrrole nitrogens is 1. The third-order valence-electron chi connectivity index (χ3n) is 2.34. The number of nitrogens with one attached hydrogen (secondary N) is 2. The van der Waals surface area contributed by atoms with Gasteiger partial charge in [-0.15, -0.1) is 0 Å². The van der Waals surface area contributed by atoms with Gasteiger partial charge in [-0.1, -0.05) is 12.7 Å². The average Bonchev–Trinajstić information content (AvgIpc) is 2.83. The fourth-order valence-corrected chi connectivity index (χ4v) is 1.55. The highest BCUT2D eigenvalue weighted by molar-refractivity contribution is 6.24. The summed E-state index contributed by atoms with van der Waals surface area (Å²) in [6.45, 7) is 3.41. The van der Waals surface area contributed by atoms with E-state index in [0.29, 0.717) is 5.56 Å². The second-order valence-electron chi connectivity index (χ2n) is 3.55. The molecule has 0 aliphatic heterocycles. The van der Waals surface area contributed by atoms with Crippen molar-refractivity contribution < 1.29 is 19.1 Å². The highest BCUT2D eigenvalue weighted by Gasteiger charge is 2.27. The molecule has 0 spiro atoms. The summed E-state index contributed by atoms with van der Waals surface area (Å²) < 4.78 is 4.67. The molecule has 0 bridgehead atoms. The number of hydrogen-bond acceptors (Lipinski definition) is 4. The Kier molecular flexibility index (Phi) is 3.09. The molecule has 6 heteroatoms. The van der Waals surface area contributed by atoms with Crippen LogP contribution in [0.15, 0.2) is 36.8 Å². The zero-order valence-electron chi connectivity index (χ0n) is 9.36. The molecule has 1 aliphatic carbocycles. The molecule has 2 rings (SSSR count). The van der Waals surface area contributed by atoms with Crippen molar-refractivity contribution in [3.8, 4) is 0 Å². The largest absolute Gasteiger partial charge is 0.445 e. The summed E-state index contributed by atoms with van der Waals surface area (Å²) in [6, 6.07) is 0. The lowest BCUT2D eigenvalue weighted by molar-refractivity contribution is 0.0975. The Bertz CT molecular complexity index is 568. The highest BCUT2D eigenvalue weighted by Crippen LogP contribution is 2.19. The number of hydrogen-bond donors (Lipinski definition) is 2. The molecule has 0 atom stereocenters. The summed E-state index contributed by atoms with van der Waals surface area (Å²) in [5.41, 5.74) is 0.438. The Morgan fingerprint density at radius 2 is 2.11 bits per heavy atom. The number of alkyl carbamates (subject to hydrolysis) is 1. The fraction of sp³-hybridized carbons (Fsp3) is 0.0833. The smallest absolute Gasteiger partial charge is 0.412 e. The van der Waals surface area contributed by atoms with E-state index in [0.717, 1.165) is 6.08 Å². The summed E-state index contributed by atoms with van der Waals surface area (Å²) in [5.74, 6) is -0.772. The second-order valence-corrected chi connectivity index (χ2v) is 3.55. The van der Waals surface area contributed by atoms with Crippen LogP contribution in [0.5, 0.6) is 0 Å². The number of fused-ring (bicyclic) bond motifs is 1. The van der Waals surface area contributed by atoms with Crippen LogP contribution in [0.4, 0.5) is 4.79 Å². The first-order chi connectivity index (χ1) is 8.63. The van der Waals surface area contributed by atoms with Gasteiger partial charge in [-0.25, -0.2) is 4.79 Å². The first-order valence-electron chi connectivity index (χ1n) is 5.15. The lowest BCUT2D eigenvalue weighted by atomic mass is 9.97. The predicted octanol–water partition coefficient (Wildman–Crippen LogP) is 1.19. The molecule has 1 aromatic heterocycles. The minimum atomic E-state index is -0.804. The van der Waals surface area contributed by atoms with Crippen LogP contribution in [0.3, 0.4) is 0 Å².